The van der Waals surface area contributed by atoms with Crippen LogP contribution >= 0.6 is 0 Å². The summed E-state index contributed by atoms with van der Waals surface area (Å²) in [6.45, 7) is 0. The van der Waals surface area contributed by atoms with Gasteiger partial charge in [-0.2, -0.15) is 156 Å². The first-order chi connectivity index (χ1) is 69.8. The Labute approximate surface area is 834 Å². The van der Waals surface area contributed by atoms with Crippen LogP contribution in [0.2, 0.25) is 0 Å². The van der Waals surface area contributed by atoms with Gasteiger partial charge in [-0.3, -0.25) is 9.59 Å². The van der Waals surface area contributed by atoms with Gasteiger partial charge in [0.1, 0.15) is 11.5 Å². The molecule has 0 bridgehead atoms. The summed E-state index contributed by atoms with van der Waals surface area (Å²) < 4.78 is 402. The molecule has 0 saturated carbocycles. The molecule has 29 nitrogen and oxygen atoms in total. The Kier molecular flexibility index (Phi) is 31.1. The van der Waals surface area contributed by atoms with Gasteiger partial charge in [-0.05, 0) is 171 Å². The van der Waals surface area contributed by atoms with Gasteiger partial charge < -0.3 is 35.4 Å². The number of sulfone groups is 1. The number of carbonyl (C=O) groups is 2. The molecule has 0 saturated heterocycles. The topological polar surface area (TPSA) is 495 Å². The standard InChI is InChI=1S/C18H10F3NO3S.C16H8F3NO5S.C16H10F3NO3S.C16H12F3NO3S.C15H10F3NO5S2.C15H10F3NO4S/c19-18(20,21)26(24,25)22-17(23)14-8-12-6-4-10-2-1-3-11-5-7-13(9-14)16(12)15(10)11;17-16(18,19)26(24,25)20-15(23)8-5-6-11-12(7-8)14(22)10-4-2-1-3-9(10)13(11)21;17-16(18,19)24(22,23)20-15(21)12-8-7-11-6-5-10-3-1-2-4-13(10)14(11)9-12;17-16(18,19)24(22,23)20-15(21)14(13-9-5-2-6-10-13)11-12-7-3-1-4-8-12;16-15(17,18)26(23,24)19-14(20)13-9-5-1-3-7-11(9)25(21,22)12-8-4-2-6-10(12)13;16-15(17,18)24(21,22)19-14(20)13-9-5-1-3-7-11(9)23-12-8-4-2-6-10(12)13/h1-9H,(H,22,23);1-7H,(H,20,23);1-9H,(H,20,21);1-11H,(H,20,21);1-8,13H,(H,19,20);1-8,13H,(H,19,20)/p-6/b;;;14-11+;;. The normalized spacial score (nSPS) is 14.8. The molecule has 0 unspecified atom stereocenters. The Balaban J connectivity index is 0.000000150. The summed E-state index contributed by atoms with van der Waals surface area (Å²) in [5.74, 6) is -12.6. The van der Waals surface area contributed by atoms with Crippen molar-refractivity contribution in [3.05, 3.63) is 382 Å². The van der Waals surface area contributed by atoms with E-state index in [2.05, 4.69) is 26.4 Å². The van der Waals surface area contributed by atoms with Crippen LogP contribution in [0, 0.1) is 0 Å². The lowest BCUT2D eigenvalue weighted by molar-refractivity contribution is -0.220. The zero-order valence-electron chi connectivity index (χ0n) is 73.9. The van der Waals surface area contributed by atoms with E-state index in [1.54, 1.807) is 109 Å². The van der Waals surface area contributed by atoms with E-state index in [-0.39, 0.29) is 88.1 Å². The molecule has 15 aromatic carbocycles. The van der Waals surface area contributed by atoms with Crippen LogP contribution in [0.15, 0.2) is 346 Å². The average Bonchev–Trinajstić information content (AvgIpc) is 0.728. The molecule has 3 aliphatic rings. The smallest absolute Gasteiger partial charge is 0.518 e. The fourth-order valence-electron chi connectivity index (χ4n) is 14.8. The van der Waals surface area contributed by atoms with Crippen LogP contribution in [0.1, 0.15) is 93.7 Å². The third-order valence-electron chi connectivity index (χ3n) is 21.5. The molecule has 15 aromatic rings. The van der Waals surface area contributed by atoms with Gasteiger partial charge in [0, 0.05) is 68.8 Å². The summed E-state index contributed by atoms with van der Waals surface area (Å²) in [5, 5.41) is 80.5. The van der Waals surface area contributed by atoms with Gasteiger partial charge in [0.2, 0.25) is 9.84 Å². The number of alkyl halides is 18. The van der Waals surface area contributed by atoms with Crippen molar-refractivity contribution in [1.82, 2.24) is 0 Å². The van der Waals surface area contributed by atoms with Crippen molar-refractivity contribution in [3.8, 4) is 11.5 Å². The zero-order chi connectivity index (χ0) is 110. The number of ether oxygens (including phenoxy) is 1. The summed E-state index contributed by atoms with van der Waals surface area (Å²) in [7, 11) is -39.6. The lowest BCUT2D eigenvalue weighted by Gasteiger charge is -2.31. The van der Waals surface area contributed by atoms with Gasteiger partial charge in [-0.15, -0.1) is 0 Å². The first-order valence-corrected chi connectivity index (χ1v) is 51.4. The van der Waals surface area contributed by atoms with Gasteiger partial charge in [0.25, 0.3) is 0 Å². The van der Waals surface area contributed by atoms with Crippen LogP contribution in [0.5, 0.6) is 11.5 Å². The lowest BCUT2D eigenvalue weighted by atomic mass is 9.83. The van der Waals surface area contributed by atoms with E-state index in [0.29, 0.717) is 21.7 Å². The third kappa shape index (κ3) is 23.7. The number of nitrogens with zero attached hydrogens (tertiary/aromatic N) is 6. The van der Waals surface area contributed by atoms with Crippen LogP contribution in [-0.4, -0.2) is 139 Å². The van der Waals surface area contributed by atoms with E-state index in [0.717, 1.165) is 55.9 Å². The van der Waals surface area contributed by atoms with Crippen LogP contribution in [0.3, 0.4) is 0 Å². The Bertz CT molecular complexity index is 8870. The van der Waals surface area contributed by atoms with Gasteiger partial charge in [-0.1, -0.05) is 255 Å². The zero-order valence-corrected chi connectivity index (χ0v) is 79.6. The number of fused-ring (bicyclic) bond motifs is 9. The summed E-state index contributed by atoms with van der Waals surface area (Å²) in [4.78, 5) is 24.3. The maximum absolute atomic E-state index is 12.7. The van der Waals surface area contributed by atoms with Gasteiger partial charge in [-0.25, -0.2) is 8.42 Å². The van der Waals surface area contributed by atoms with E-state index in [9.17, 15) is 178 Å². The van der Waals surface area contributed by atoms with Crippen molar-refractivity contribution in [2.45, 2.75) is 54.7 Å². The molecule has 0 atom stereocenters. The van der Waals surface area contributed by atoms with E-state index >= 15 is 0 Å². The largest absolute Gasteiger partial charge is 0.860 e. The van der Waals surface area contributed by atoms with E-state index in [4.69, 9.17) is 4.74 Å². The van der Waals surface area contributed by atoms with Crippen molar-refractivity contribution >= 4 is 182 Å². The SMILES string of the molecule is O=C1c2ccccc2C(=O)c2cc(C([O-])=NS(=O)(=O)C(F)(F)F)ccc21.O=S(=O)(N=C([O-])/C(=C/c1ccccc1)c1ccccc1)C(F)(F)F.O=S(=O)(N=C([O-])C1c2ccccc2Oc2ccccc21)C(F)(F)F.O=S(=O)(N=C([O-])c1cc2ccc3cccc4ccc(c1)c2c34)C(F)(F)F.O=S(=O)(N=C([O-])c1ccc2ccc3ccccc3c2c1)C(F)(F)F.O=S1(=O)c2ccccc2C(C([O-])=NS(=O)(=O)C(F)(F)F)c2ccccc21. The predicted octanol–water partition coefficient (Wildman–Crippen LogP) is 14.8. The summed E-state index contributed by atoms with van der Waals surface area (Å²) in [5.41, 5.74) is -34.2. The van der Waals surface area contributed by atoms with Crippen LogP contribution in [-0.2, 0) is 70.0 Å². The fraction of sp³-hybridized carbons (Fsp3) is 0.0833. The van der Waals surface area contributed by atoms with E-state index < -0.39 is 167 Å². The molecule has 1 aliphatic carbocycles. The minimum absolute atomic E-state index is 0.0380. The second-order valence-corrected chi connectivity index (χ2v) is 42.6. The number of benzene rings is 15. The number of rotatable bonds is 14. The van der Waals surface area contributed by atoms with Gasteiger partial charge in [0.05, 0.1) is 9.79 Å². The first kappa shape index (κ1) is 111. The molecule has 0 spiro atoms. The third-order valence-corrected chi connectivity index (χ3v) is 29.4. The number of hydrogen-bond donors (Lipinski definition) is 0. The van der Waals surface area contributed by atoms with Crippen molar-refractivity contribution in [3.63, 3.8) is 0 Å². The molecule has 780 valence electrons. The molecule has 0 fully saturated rings. The number of carbonyl (C=O) groups excluding carboxylic acids is 2. The quantitative estimate of drug-likeness (QED) is 0.0321. The molecule has 0 aromatic heterocycles. The number of ketones is 2. The Morgan fingerprint density at radius 2 is 0.593 bits per heavy atom. The van der Waals surface area contributed by atoms with Crippen LogP contribution in [0.4, 0.5) is 79.0 Å². The molecule has 54 heteroatoms. The molecular formula is C96H54F18N6O23S7-6. The minimum atomic E-state index is -6.05. The predicted molar refractivity (Wildman–Crippen MR) is 499 cm³/mol. The van der Waals surface area contributed by atoms with Crippen LogP contribution < -0.4 is 35.4 Å². The molecule has 0 radical (unpaired) electrons. The highest BCUT2D eigenvalue weighted by atomic mass is 32.2. The average molecular weight is 2230 g/mol. The summed E-state index contributed by atoms with van der Waals surface area (Å²) in [6.07, 6.45) is 1.28. The van der Waals surface area contributed by atoms with E-state index in [1.165, 1.54) is 140 Å². The van der Waals surface area contributed by atoms with Gasteiger partial charge >= 0.3 is 93.2 Å². The second kappa shape index (κ2) is 41.9. The minimum Gasteiger partial charge on any atom is -0.860 e. The first-order valence-electron chi connectivity index (χ1n) is 41.3. The Hall–Kier alpha value is -16.1. The number of para-hydroxylation sites is 2. The molecule has 150 heavy (non-hydrogen) atoms. The molecule has 18 rings (SSSR count). The van der Waals surface area contributed by atoms with Crippen molar-refractivity contribution in [1.29, 1.82) is 0 Å². The highest BCUT2D eigenvalue weighted by Crippen LogP contribution is 2.47. The number of sulfonamides is 6. The molecule has 2 heterocycles. The van der Waals surface area contributed by atoms with Crippen molar-refractivity contribution < 1.29 is 183 Å². The molecule has 0 amide bonds. The Morgan fingerprint density at radius 1 is 0.280 bits per heavy atom. The fourth-order valence-corrected chi connectivity index (χ4v) is 19.1. The molecular weight excluding hydrogens is 2170 g/mol. The van der Waals surface area contributed by atoms with Gasteiger partial charge in [0.15, 0.2) is 11.6 Å². The maximum Gasteiger partial charge on any atom is 0.518 e. The number of hydrogen-bond acceptors (Lipinski definition) is 23. The highest BCUT2D eigenvalue weighted by molar-refractivity contribution is 7.93. The highest BCUT2D eigenvalue weighted by Gasteiger charge is 2.51. The monoisotopic (exact) mass is 2220 g/mol. The Morgan fingerprint density at radius 3 is 1.05 bits per heavy atom. The van der Waals surface area contributed by atoms with Crippen molar-refractivity contribution in [2.24, 2.45) is 26.4 Å². The molecule has 2 aliphatic heterocycles. The summed E-state index contributed by atoms with van der Waals surface area (Å²) >= 11 is 0. The summed E-state index contributed by atoms with van der Waals surface area (Å²) in [6, 6.07) is 78.3. The van der Waals surface area contributed by atoms with E-state index in [1.807, 2.05) is 48.5 Å². The number of halogens is 18. The maximum atomic E-state index is 12.7. The van der Waals surface area contributed by atoms with Crippen molar-refractivity contribution in [2.75, 3.05) is 0 Å². The lowest BCUT2D eigenvalue weighted by Crippen LogP contribution is -2.34. The van der Waals surface area contributed by atoms with Crippen LogP contribution in [0.25, 0.3) is 65.5 Å². The second-order valence-electron chi connectivity index (χ2n) is 31.1. The molecule has 0 N–H and O–H groups in total.